The number of furan rings is 1. The van der Waals surface area contributed by atoms with E-state index in [9.17, 15) is 9.59 Å². The third kappa shape index (κ3) is 4.88. The average molecular weight is 524 g/mol. The summed E-state index contributed by atoms with van der Waals surface area (Å²) in [6.45, 7) is 4.50. The van der Waals surface area contributed by atoms with Crippen molar-refractivity contribution < 1.29 is 14.0 Å². The van der Waals surface area contributed by atoms with Gasteiger partial charge in [0.1, 0.15) is 5.76 Å². The Morgan fingerprint density at radius 3 is 2.67 bits per heavy atom. The average Bonchev–Trinajstić information content (AvgIpc) is 3.30. The number of carbonyl (C=O) groups is 2. The molecule has 6 nitrogen and oxygen atoms in total. The van der Waals surface area contributed by atoms with Crippen molar-refractivity contribution in [1.82, 2.24) is 5.32 Å². The number of ketones is 1. The molecule has 0 bridgehead atoms. The first-order valence-corrected chi connectivity index (χ1v) is 12.6. The van der Waals surface area contributed by atoms with Crippen molar-refractivity contribution in [2.24, 2.45) is 5.41 Å². The Labute approximate surface area is 220 Å². The minimum absolute atomic E-state index is 0.0256. The van der Waals surface area contributed by atoms with Crippen LogP contribution in [0.4, 0.5) is 11.4 Å². The van der Waals surface area contributed by atoms with Crippen molar-refractivity contribution in [2.45, 2.75) is 39.3 Å². The van der Waals surface area contributed by atoms with Gasteiger partial charge in [0.05, 0.1) is 46.8 Å². The fraction of sp³-hybridized carbons (Fsp3) is 0.286. The van der Waals surface area contributed by atoms with Gasteiger partial charge in [-0.05, 0) is 53.8 Å². The third-order valence-electron chi connectivity index (χ3n) is 6.62. The van der Waals surface area contributed by atoms with Crippen molar-refractivity contribution >= 4 is 46.3 Å². The van der Waals surface area contributed by atoms with Gasteiger partial charge in [0.2, 0.25) is 5.91 Å². The van der Waals surface area contributed by atoms with Crippen LogP contribution in [0.15, 0.2) is 76.5 Å². The van der Waals surface area contributed by atoms with Crippen LogP contribution in [0, 0.1) is 5.41 Å². The summed E-state index contributed by atoms with van der Waals surface area (Å²) in [5.74, 6) is 0.523. The van der Waals surface area contributed by atoms with E-state index in [2.05, 4.69) is 24.5 Å². The number of rotatable bonds is 5. The van der Waals surface area contributed by atoms with Gasteiger partial charge in [0.15, 0.2) is 5.78 Å². The van der Waals surface area contributed by atoms with Crippen LogP contribution in [0.3, 0.4) is 0 Å². The molecule has 3 aromatic rings. The van der Waals surface area contributed by atoms with Crippen molar-refractivity contribution in [2.75, 3.05) is 16.8 Å². The number of Topliss-reactive ketones (excluding diaryl/α,β-unsaturated/α-hetero) is 1. The monoisotopic (exact) mass is 523 g/mol. The first-order chi connectivity index (χ1) is 17.2. The molecule has 5 rings (SSSR count). The Morgan fingerprint density at radius 1 is 1.11 bits per heavy atom. The fourth-order valence-corrected chi connectivity index (χ4v) is 5.37. The van der Waals surface area contributed by atoms with E-state index in [4.69, 9.17) is 27.6 Å². The van der Waals surface area contributed by atoms with Crippen molar-refractivity contribution in [1.29, 1.82) is 0 Å². The molecule has 1 aliphatic carbocycles. The van der Waals surface area contributed by atoms with Crippen LogP contribution in [0.25, 0.3) is 0 Å². The molecule has 2 N–H and O–H groups in total. The number of amides is 1. The molecular formula is C28H27Cl2N3O3. The standard InChI is InChI=1S/C28H27Cl2N3O3/c1-28(2)13-22-26(24(34)14-28)27(17-9-10-19(29)20(30)12-17)33(23-8-4-3-7-21(23)32-22)16-25(35)31-15-18-6-5-11-36-18/h3-12,27,32H,13-16H2,1-2H3,(H,31,35). The maximum Gasteiger partial charge on any atom is 0.239 e. The van der Waals surface area contributed by atoms with E-state index in [0.717, 1.165) is 22.6 Å². The van der Waals surface area contributed by atoms with E-state index in [1.54, 1.807) is 24.5 Å². The summed E-state index contributed by atoms with van der Waals surface area (Å²) in [6.07, 6.45) is 2.70. The summed E-state index contributed by atoms with van der Waals surface area (Å²) in [6, 6.07) is 16.3. The summed E-state index contributed by atoms with van der Waals surface area (Å²) >= 11 is 12.7. The van der Waals surface area contributed by atoms with Crippen LogP contribution in [0.2, 0.25) is 10.0 Å². The lowest BCUT2D eigenvalue weighted by Gasteiger charge is -2.38. The molecule has 1 amide bonds. The zero-order chi connectivity index (χ0) is 25.4. The highest BCUT2D eigenvalue weighted by molar-refractivity contribution is 6.42. The second kappa shape index (κ2) is 9.68. The number of halogens is 2. The van der Waals surface area contributed by atoms with Crippen LogP contribution in [-0.2, 0) is 16.1 Å². The maximum absolute atomic E-state index is 13.7. The lowest BCUT2D eigenvalue weighted by atomic mass is 9.73. The van der Waals surface area contributed by atoms with Gasteiger partial charge in [-0.2, -0.15) is 0 Å². The number of carbonyl (C=O) groups excluding carboxylic acids is 2. The lowest BCUT2D eigenvalue weighted by Crippen LogP contribution is -2.41. The number of hydrogen-bond acceptors (Lipinski definition) is 5. The number of fused-ring (bicyclic) bond motifs is 1. The van der Waals surface area contributed by atoms with Crippen LogP contribution < -0.4 is 15.5 Å². The molecule has 36 heavy (non-hydrogen) atoms. The van der Waals surface area contributed by atoms with Gasteiger partial charge >= 0.3 is 0 Å². The molecular weight excluding hydrogens is 497 g/mol. The highest BCUT2D eigenvalue weighted by atomic mass is 35.5. The highest BCUT2D eigenvalue weighted by Gasteiger charge is 2.42. The van der Waals surface area contributed by atoms with E-state index in [1.807, 2.05) is 41.3 Å². The van der Waals surface area contributed by atoms with Gasteiger partial charge in [-0.3, -0.25) is 9.59 Å². The number of benzene rings is 2. The zero-order valence-corrected chi connectivity index (χ0v) is 21.6. The van der Waals surface area contributed by atoms with Crippen LogP contribution in [0.5, 0.6) is 0 Å². The second-order valence-electron chi connectivity index (χ2n) is 10.0. The molecule has 2 aliphatic rings. The molecule has 1 aliphatic heterocycles. The van der Waals surface area contributed by atoms with Gasteiger partial charge in [0.25, 0.3) is 0 Å². The van der Waals surface area contributed by atoms with E-state index in [0.29, 0.717) is 34.2 Å². The smallest absolute Gasteiger partial charge is 0.239 e. The summed E-state index contributed by atoms with van der Waals surface area (Å²) in [7, 11) is 0. The van der Waals surface area contributed by atoms with Gasteiger partial charge < -0.3 is 20.0 Å². The summed E-state index contributed by atoms with van der Waals surface area (Å²) in [5, 5.41) is 7.30. The molecule has 8 heteroatoms. The summed E-state index contributed by atoms with van der Waals surface area (Å²) in [4.78, 5) is 28.9. The molecule has 2 aromatic carbocycles. The number of allylic oxidation sites excluding steroid dienone is 1. The number of hydrogen-bond donors (Lipinski definition) is 2. The van der Waals surface area contributed by atoms with Gasteiger partial charge in [-0.1, -0.05) is 55.2 Å². The molecule has 1 unspecified atom stereocenters. The van der Waals surface area contributed by atoms with Gasteiger partial charge in [-0.25, -0.2) is 0 Å². The predicted molar refractivity (Wildman–Crippen MR) is 142 cm³/mol. The first-order valence-electron chi connectivity index (χ1n) is 11.8. The molecule has 1 aromatic heterocycles. The number of nitrogens with one attached hydrogen (secondary N) is 2. The zero-order valence-electron chi connectivity index (χ0n) is 20.1. The number of para-hydroxylation sites is 2. The number of nitrogens with zero attached hydrogens (tertiary/aromatic N) is 1. The molecule has 2 heterocycles. The molecule has 186 valence electrons. The van der Waals surface area contributed by atoms with Crippen LogP contribution >= 0.6 is 23.2 Å². The Kier molecular flexibility index (Phi) is 6.58. The topological polar surface area (TPSA) is 74.6 Å². The molecule has 0 saturated heterocycles. The van der Waals surface area contributed by atoms with Gasteiger partial charge in [-0.15, -0.1) is 0 Å². The number of anilines is 2. The molecule has 0 radical (unpaired) electrons. The minimum atomic E-state index is -0.524. The highest BCUT2D eigenvalue weighted by Crippen LogP contribution is 2.48. The largest absolute Gasteiger partial charge is 0.467 e. The Morgan fingerprint density at radius 2 is 1.92 bits per heavy atom. The minimum Gasteiger partial charge on any atom is -0.467 e. The van der Waals surface area contributed by atoms with Crippen LogP contribution in [0.1, 0.15) is 44.1 Å². The molecule has 0 spiro atoms. The molecule has 1 atom stereocenters. The Balaban J connectivity index is 1.62. The normalized spacial score (nSPS) is 18.7. The van der Waals surface area contributed by atoms with E-state index in [-0.39, 0.29) is 30.2 Å². The van der Waals surface area contributed by atoms with Gasteiger partial charge in [0, 0.05) is 17.7 Å². The quantitative estimate of drug-likeness (QED) is 0.398. The van der Waals surface area contributed by atoms with Crippen LogP contribution in [-0.4, -0.2) is 18.2 Å². The molecule has 0 saturated carbocycles. The predicted octanol–water partition coefficient (Wildman–Crippen LogP) is 6.52. The molecule has 0 fully saturated rings. The lowest BCUT2D eigenvalue weighted by molar-refractivity contribution is -0.121. The second-order valence-corrected chi connectivity index (χ2v) is 10.8. The Hall–Kier alpha value is -3.22. The van der Waals surface area contributed by atoms with E-state index in [1.165, 1.54) is 0 Å². The van der Waals surface area contributed by atoms with Crippen molar-refractivity contribution in [3.63, 3.8) is 0 Å². The van der Waals surface area contributed by atoms with Crippen molar-refractivity contribution in [3.8, 4) is 0 Å². The fourth-order valence-electron chi connectivity index (χ4n) is 5.07. The van der Waals surface area contributed by atoms with E-state index < -0.39 is 6.04 Å². The third-order valence-corrected chi connectivity index (χ3v) is 7.36. The SMILES string of the molecule is CC1(C)CC(=O)C2=C(C1)Nc1ccccc1N(CC(=O)NCc1ccco1)C2c1ccc(Cl)c(Cl)c1. The Bertz CT molecular complexity index is 1350. The maximum atomic E-state index is 13.7. The van der Waals surface area contributed by atoms with Crippen molar-refractivity contribution in [3.05, 3.63) is 93.5 Å². The summed E-state index contributed by atoms with van der Waals surface area (Å²) in [5.41, 5.74) is 3.80. The van der Waals surface area contributed by atoms with E-state index >= 15 is 0 Å². The first kappa shape index (κ1) is 24.5. The summed E-state index contributed by atoms with van der Waals surface area (Å²) < 4.78 is 5.35.